The van der Waals surface area contributed by atoms with E-state index in [0.29, 0.717) is 23.1 Å². The summed E-state index contributed by atoms with van der Waals surface area (Å²) in [5, 5.41) is 0. The van der Waals surface area contributed by atoms with Gasteiger partial charge in [-0.3, -0.25) is 0 Å². The van der Waals surface area contributed by atoms with Crippen LogP contribution < -0.4 is 5.73 Å². The zero-order valence-electron chi connectivity index (χ0n) is 13.0. The van der Waals surface area contributed by atoms with Gasteiger partial charge in [0.25, 0.3) is 0 Å². The summed E-state index contributed by atoms with van der Waals surface area (Å²) in [7, 11) is 1.90. The molecule has 1 aliphatic rings. The summed E-state index contributed by atoms with van der Waals surface area (Å²) < 4.78 is 15.0. The Labute approximate surface area is 133 Å². The van der Waals surface area contributed by atoms with Crippen LogP contribution in [0.3, 0.4) is 0 Å². The van der Waals surface area contributed by atoms with E-state index < -0.39 is 0 Å². The van der Waals surface area contributed by atoms with Gasteiger partial charge in [-0.25, -0.2) is 19.3 Å². The number of halogens is 1. The van der Waals surface area contributed by atoms with Crippen molar-refractivity contribution in [3.8, 4) is 11.4 Å². The van der Waals surface area contributed by atoms with Gasteiger partial charge in [-0.1, -0.05) is 12.8 Å². The third-order valence-electron chi connectivity index (χ3n) is 4.59. The van der Waals surface area contributed by atoms with Crippen molar-refractivity contribution >= 4 is 17.0 Å². The molecule has 5 nitrogen and oxygen atoms in total. The van der Waals surface area contributed by atoms with Crippen LogP contribution in [0.4, 0.5) is 10.2 Å². The van der Waals surface area contributed by atoms with Crippen LogP contribution >= 0.6 is 0 Å². The van der Waals surface area contributed by atoms with E-state index in [1.54, 1.807) is 12.1 Å². The number of aromatic nitrogens is 4. The summed E-state index contributed by atoms with van der Waals surface area (Å²) in [5.74, 6) is 2.08. The molecule has 2 aromatic heterocycles. The third kappa shape index (κ3) is 2.34. The average molecular weight is 311 g/mol. The van der Waals surface area contributed by atoms with Gasteiger partial charge in [0.15, 0.2) is 17.0 Å². The molecule has 4 rings (SSSR count). The Balaban J connectivity index is 1.86. The summed E-state index contributed by atoms with van der Waals surface area (Å²) in [5.41, 5.74) is 8.29. The number of nitrogens with two attached hydrogens (primary N) is 1. The number of rotatable bonds is 2. The summed E-state index contributed by atoms with van der Waals surface area (Å²) in [6, 6.07) is 6.26. The second-order valence-electron chi connectivity index (χ2n) is 6.12. The lowest BCUT2D eigenvalue weighted by Crippen LogP contribution is -2.05. The van der Waals surface area contributed by atoms with Crippen LogP contribution in [0.2, 0.25) is 0 Å². The second-order valence-corrected chi connectivity index (χ2v) is 6.12. The molecule has 0 bridgehead atoms. The van der Waals surface area contributed by atoms with Crippen LogP contribution in [0.15, 0.2) is 24.3 Å². The van der Waals surface area contributed by atoms with Gasteiger partial charge in [0, 0.05) is 18.5 Å². The molecule has 6 heteroatoms. The molecule has 0 amide bonds. The summed E-state index contributed by atoms with van der Waals surface area (Å²) >= 11 is 0. The fourth-order valence-electron chi connectivity index (χ4n) is 3.32. The fourth-order valence-corrected chi connectivity index (χ4v) is 3.32. The maximum Gasteiger partial charge on any atom is 0.166 e. The third-order valence-corrected chi connectivity index (χ3v) is 4.59. The predicted molar refractivity (Wildman–Crippen MR) is 87.3 cm³/mol. The van der Waals surface area contributed by atoms with E-state index in [2.05, 4.69) is 9.97 Å². The molecule has 0 aliphatic heterocycles. The highest BCUT2D eigenvalue weighted by Crippen LogP contribution is 2.34. The Morgan fingerprint density at radius 3 is 2.48 bits per heavy atom. The summed E-state index contributed by atoms with van der Waals surface area (Å²) in [6.07, 6.45) is 4.68. The first-order valence-electron chi connectivity index (χ1n) is 7.89. The van der Waals surface area contributed by atoms with E-state index in [4.69, 9.17) is 10.7 Å². The molecule has 0 saturated heterocycles. The first-order chi connectivity index (χ1) is 11.1. The van der Waals surface area contributed by atoms with Crippen molar-refractivity contribution in [2.45, 2.75) is 31.6 Å². The van der Waals surface area contributed by atoms with E-state index in [1.165, 1.54) is 25.0 Å². The van der Waals surface area contributed by atoms with Crippen LogP contribution in [0.1, 0.15) is 37.4 Å². The zero-order chi connectivity index (χ0) is 16.0. The highest BCUT2D eigenvalue weighted by molar-refractivity contribution is 5.85. The highest BCUT2D eigenvalue weighted by atomic mass is 19.1. The van der Waals surface area contributed by atoms with Gasteiger partial charge in [0.2, 0.25) is 0 Å². The molecule has 0 radical (unpaired) electrons. The second kappa shape index (κ2) is 5.30. The van der Waals surface area contributed by atoms with Gasteiger partial charge in [-0.2, -0.15) is 0 Å². The molecule has 1 fully saturated rings. The SMILES string of the molecule is Cn1c(-c2ccc(F)cc2)nc2c(N)nc(C3CCCC3)nc21. The Hall–Kier alpha value is -2.50. The number of nitrogens with zero attached hydrogens (tertiary/aromatic N) is 4. The molecule has 2 heterocycles. The first-order valence-corrected chi connectivity index (χ1v) is 7.89. The lowest BCUT2D eigenvalue weighted by molar-refractivity contribution is 0.628. The monoisotopic (exact) mass is 311 g/mol. The molecule has 0 unspecified atom stereocenters. The molecule has 1 aliphatic carbocycles. The van der Waals surface area contributed by atoms with Gasteiger partial charge in [-0.05, 0) is 37.1 Å². The standard InChI is InChI=1S/C17H18FN5/c1-23-16(11-6-8-12(18)9-7-11)20-13-14(19)21-15(22-17(13)23)10-4-2-3-5-10/h6-10H,2-5H2,1H3,(H2,19,21,22). The lowest BCUT2D eigenvalue weighted by atomic mass is 10.1. The molecule has 1 saturated carbocycles. The number of aryl methyl sites for hydroxylation is 1. The number of hydrogen-bond donors (Lipinski definition) is 1. The molecule has 3 aromatic rings. The number of imidazole rings is 1. The highest BCUT2D eigenvalue weighted by Gasteiger charge is 2.23. The van der Waals surface area contributed by atoms with Crippen LogP contribution in [0, 0.1) is 5.82 Å². The van der Waals surface area contributed by atoms with Crippen molar-refractivity contribution < 1.29 is 4.39 Å². The molecule has 2 N–H and O–H groups in total. The smallest absolute Gasteiger partial charge is 0.166 e. The number of hydrogen-bond acceptors (Lipinski definition) is 4. The van der Waals surface area contributed by atoms with Gasteiger partial charge in [-0.15, -0.1) is 0 Å². The fraction of sp³-hybridized carbons (Fsp3) is 0.353. The minimum Gasteiger partial charge on any atom is -0.382 e. The van der Waals surface area contributed by atoms with Gasteiger partial charge >= 0.3 is 0 Å². The topological polar surface area (TPSA) is 69.6 Å². The average Bonchev–Trinajstić information content (AvgIpc) is 3.18. The van der Waals surface area contributed by atoms with Crippen LogP contribution in [-0.4, -0.2) is 19.5 Å². The number of anilines is 1. The van der Waals surface area contributed by atoms with Gasteiger partial charge in [0.05, 0.1) is 0 Å². The van der Waals surface area contributed by atoms with Crippen LogP contribution in [-0.2, 0) is 7.05 Å². The van der Waals surface area contributed by atoms with Crippen molar-refractivity contribution in [3.05, 3.63) is 35.9 Å². The van der Waals surface area contributed by atoms with E-state index in [0.717, 1.165) is 29.9 Å². The van der Waals surface area contributed by atoms with Crippen molar-refractivity contribution in [2.24, 2.45) is 7.05 Å². The van der Waals surface area contributed by atoms with Crippen LogP contribution in [0.5, 0.6) is 0 Å². The van der Waals surface area contributed by atoms with Gasteiger partial charge in [0.1, 0.15) is 17.5 Å². The summed E-state index contributed by atoms with van der Waals surface area (Å²) in [6.45, 7) is 0. The maximum atomic E-state index is 13.1. The largest absolute Gasteiger partial charge is 0.382 e. The maximum absolute atomic E-state index is 13.1. The lowest BCUT2D eigenvalue weighted by Gasteiger charge is -2.08. The molecular weight excluding hydrogens is 293 g/mol. The molecular formula is C17H18FN5. The minimum absolute atomic E-state index is 0.268. The van der Waals surface area contributed by atoms with Crippen molar-refractivity contribution in [3.63, 3.8) is 0 Å². The normalized spacial score (nSPS) is 15.6. The summed E-state index contributed by atoms with van der Waals surface area (Å²) in [4.78, 5) is 13.8. The van der Waals surface area contributed by atoms with E-state index in [-0.39, 0.29) is 5.82 Å². The zero-order valence-corrected chi connectivity index (χ0v) is 13.0. The van der Waals surface area contributed by atoms with E-state index in [1.807, 2.05) is 11.6 Å². The van der Waals surface area contributed by atoms with Crippen LogP contribution in [0.25, 0.3) is 22.6 Å². The molecule has 0 spiro atoms. The Bertz CT molecular complexity index is 863. The molecule has 118 valence electrons. The molecule has 0 atom stereocenters. The Morgan fingerprint density at radius 2 is 1.78 bits per heavy atom. The van der Waals surface area contributed by atoms with Crippen molar-refractivity contribution in [1.82, 2.24) is 19.5 Å². The van der Waals surface area contributed by atoms with Crippen molar-refractivity contribution in [2.75, 3.05) is 5.73 Å². The quantitative estimate of drug-likeness (QED) is 0.787. The molecule has 1 aromatic carbocycles. The number of fused-ring (bicyclic) bond motifs is 1. The van der Waals surface area contributed by atoms with E-state index >= 15 is 0 Å². The van der Waals surface area contributed by atoms with Gasteiger partial charge < -0.3 is 10.3 Å². The number of nitrogen functional groups attached to an aromatic ring is 1. The number of benzene rings is 1. The minimum atomic E-state index is -0.268. The van der Waals surface area contributed by atoms with E-state index in [9.17, 15) is 4.39 Å². The Kier molecular flexibility index (Phi) is 3.25. The predicted octanol–water partition coefficient (Wildman–Crippen LogP) is 3.41. The first kappa shape index (κ1) is 14.1. The molecule has 23 heavy (non-hydrogen) atoms. The van der Waals surface area contributed by atoms with Crippen molar-refractivity contribution in [1.29, 1.82) is 0 Å². The Morgan fingerprint density at radius 1 is 1.09 bits per heavy atom.